The average Bonchev–Trinajstić information content (AvgIpc) is 2.78. The van der Waals surface area contributed by atoms with E-state index in [1.54, 1.807) is 29.5 Å². The van der Waals surface area contributed by atoms with E-state index in [9.17, 15) is 0 Å². The van der Waals surface area contributed by atoms with Gasteiger partial charge < -0.3 is 10.5 Å². The summed E-state index contributed by atoms with van der Waals surface area (Å²) in [6.45, 7) is 0.457. The van der Waals surface area contributed by atoms with Crippen molar-refractivity contribution in [3.63, 3.8) is 0 Å². The Morgan fingerprint density at radius 3 is 2.88 bits per heavy atom. The smallest absolute Gasteiger partial charge is 0.132 e. The molecular formula is C12H11ClN2OS. The molecule has 2 aromatic rings. The summed E-state index contributed by atoms with van der Waals surface area (Å²) in [5.41, 5.74) is 6.04. The van der Waals surface area contributed by atoms with E-state index in [4.69, 9.17) is 27.5 Å². The van der Waals surface area contributed by atoms with E-state index in [2.05, 4.69) is 0 Å². The fourth-order valence-electron chi connectivity index (χ4n) is 1.38. The van der Waals surface area contributed by atoms with Crippen molar-refractivity contribution in [2.24, 2.45) is 5.73 Å². The van der Waals surface area contributed by atoms with Crippen LogP contribution in [0.3, 0.4) is 0 Å². The minimum atomic E-state index is -0.0251. The van der Waals surface area contributed by atoms with Crippen LogP contribution >= 0.6 is 22.9 Å². The number of thiophene rings is 1. The predicted molar refractivity (Wildman–Crippen MR) is 71.1 cm³/mol. The minimum Gasteiger partial charge on any atom is -0.487 e. The summed E-state index contributed by atoms with van der Waals surface area (Å²) in [5.74, 6) is 0.515. The van der Waals surface area contributed by atoms with Crippen LogP contribution in [0.15, 0.2) is 35.7 Å². The Morgan fingerprint density at radius 2 is 2.24 bits per heavy atom. The van der Waals surface area contributed by atoms with Crippen molar-refractivity contribution in [2.45, 2.75) is 6.61 Å². The molecule has 0 aliphatic carbocycles. The number of rotatable bonds is 4. The summed E-state index contributed by atoms with van der Waals surface area (Å²) in [7, 11) is 0. The van der Waals surface area contributed by atoms with Crippen LogP contribution in [0.2, 0.25) is 5.02 Å². The number of hydrogen-bond acceptors (Lipinski definition) is 3. The molecule has 0 atom stereocenters. The lowest BCUT2D eigenvalue weighted by molar-refractivity contribution is 0.309. The Morgan fingerprint density at radius 1 is 1.41 bits per heavy atom. The van der Waals surface area contributed by atoms with Gasteiger partial charge in [0.1, 0.15) is 18.2 Å². The number of halogens is 1. The topological polar surface area (TPSA) is 59.1 Å². The molecule has 1 aromatic heterocycles. The number of hydrogen-bond donors (Lipinski definition) is 2. The van der Waals surface area contributed by atoms with E-state index in [1.165, 1.54) is 0 Å². The molecule has 17 heavy (non-hydrogen) atoms. The summed E-state index contributed by atoms with van der Waals surface area (Å²) in [4.78, 5) is 1.11. The van der Waals surface area contributed by atoms with Crippen LogP contribution in [0.25, 0.3) is 0 Å². The van der Waals surface area contributed by atoms with Crippen molar-refractivity contribution < 1.29 is 4.74 Å². The highest BCUT2D eigenvalue weighted by Crippen LogP contribution is 2.24. The van der Waals surface area contributed by atoms with Crippen LogP contribution in [0.1, 0.15) is 10.4 Å². The molecule has 0 spiro atoms. The Kier molecular flexibility index (Phi) is 3.66. The first kappa shape index (κ1) is 12.0. The van der Waals surface area contributed by atoms with Gasteiger partial charge in [0.15, 0.2) is 0 Å². The molecule has 0 unspecified atom stereocenters. The van der Waals surface area contributed by atoms with Crippen LogP contribution in [-0.4, -0.2) is 5.84 Å². The highest BCUT2D eigenvalue weighted by molar-refractivity contribution is 7.09. The van der Waals surface area contributed by atoms with Crippen molar-refractivity contribution in [1.29, 1.82) is 5.41 Å². The summed E-state index contributed by atoms with van der Waals surface area (Å²) in [6, 6.07) is 9.01. The van der Waals surface area contributed by atoms with Crippen molar-refractivity contribution in [2.75, 3.05) is 0 Å². The zero-order valence-electron chi connectivity index (χ0n) is 8.94. The molecule has 0 aliphatic heterocycles. The van der Waals surface area contributed by atoms with Crippen molar-refractivity contribution in [3.8, 4) is 5.75 Å². The lowest BCUT2D eigenvalue weighted by Gasteiger charge is -2.10. The summed E-state index contributed by atoms with van der Waals surface area (Å²) in [6.07, 6.45) is 0. The average molecular weight is 267 g/mol. The molecule has 1 heterocycles. The molecule has 3 N–H and O–H groups in total. The lowest BCUT2D eigenvalue weighted by Crippen LogP contribution is -2.13. The molecule has 2 rings (SSSR count). The molecule has 1 aromatic carbocycles. The molecule has 0 saturated heterocycles. The van der Waals surface area contributed by atoms with Crippen LogP contribution in [-0.2, 0) is 6.61 Å². The largest absolute Gasteiger partial charge is 0.487 e. The number of nitrogens with one attached hydrogen (secondary N) is 1. The lowest BCUT2D eigenvalue weighted by atomic mass is 10.2. The third-order valence-electron chi connectivity index (χ3n) is 2.18. The van der Waals surface area contributed by atoms with Crippen LogP contribution < -0.4 is 10.5 Å². The van der Waals surface area contributed by atoms with Crippen LogP contribution in [0.4, 0.5) is 0 Å². The molecule has 0 amide bonds. The van der Waals surface area contributed by atoms with Gasteiger partial charge in [0, 0.05) is 9.90 Å². The van der Waals surface area contributed by atoms with Gasteiger partial charge in [0.2, 0.25) is 0 Å². The highest BCUT2D eigenvalue weighted by Gasteiger charge is 2.08. The number of amidine groups is 1. The second-order valence-corrected chi connectivity index (χ2v) is 4.89. The van der Waals surface area contributed by atoms with E-state index in [0.717, 1.165) is 4.88 Å². The van der Waals surface area contributed by atoms with Gasteiger partial charge in [-0.2, -0.15) is 0 Å². The SMILES string of the molecule is N=C(N)c1ccc(Cl)cc1OCc1cccs1. The number of benzene rings is 1. The maximum absolute atomic E-state index is 7.46. The number of nitrogen functional groups attached to an aromatic ring is 1. The molecule has 0 aliphatic rings. The molecule has 88 valence electrons. The van der Waals surface area contributed by atoms with E-state index in [0.29, 0.717) is 22.9 Å². The summed E-state index contributed by atoms with van der Waals surface area (Å²) < 4.78 is 5.63. The van der Waals surface area contributed by atoms with Gasteiger partial charge in [-0.15, -0.1) is 11.3 Å². The molecule has 3 nitrogen and oxygen atoms in total. The van der Waals surface area contributed by atoms with E-state index in [1.807, 2.05) is 17.5 Å². The Bertz CT molecular complexity index is 525. The minimum absolute atomic E-state index is 0.0251. The van der Waals surface area contributed by atoms with Crippen LogP contribution in [0, 0.1) is 5.41 Å². The van der Waals surface area contributed by atoms with Crippen molar-refractivity contribution in [1.82, 2.24) is 0 Å². The zero-order chi connectivity index (χ0) is 12.3. The third-order valence-corrected chi connectivity index (χ3v) is 3.27. The molecular weight excluding hydrogens is 256 g/mol. The highest BCUT2D eigenvalue weighted by atomic mass is 35.5. The standard InChI is InChI=1S/C12H11ClN2OS/c13-8-3-4-10(12(14)15)11(6-8)16-7-9-2-1-5-17-9/h1-6H,7H2,(H3,14,15). The summed E-state index contributed by atoms with van der Waals surface area (Å²) >= 11 is 7.51. The Hall–Kier alpha value is -1.52. The van der Waals surface area contributed by atoms with Gasteiger partial charge in [0.25, 0.3) is 0 Å². The van der Waals surface area contributed by atoms with Gasteiger partial charge in [-0.3, -0.25) is 5.41 Å². The quantitative estimate of drug-likeness (QED) is 0.659. The molecule has 5 heteroatoms. The second kappa shape index (κ2) is 5.21. The second-order valence-electron chi connectivity index (χ2n) is 3.42. The zero-order valence-corrected chi connectivity index (χ0v) is 10.5. The molecule has 0 bridgehead atoms. The fourth-order valence-corrected chi connectivity index (χ4v) is 2.16. The van der Waals surface area contributed by atoms with Crippen molar-refractivity contribution >= 4 is 28.8 Å². The maximum atomic E-state index is 7.46. The first-order chi connectivity index (χ1) is 8.16. The van der Waals surface area contributed by atoms with Crippen molar-refractivity contribution in [3.05, 3.63) is 51.2 Å². The van der Waals surface area contributed by atoms with E-state index >= 15 is 0 Å². The maximum Gasteiger partial charge on any atom is 0.132 e. The van der Waals surface area contributed by atoms with Gasteiger partial charge >= 0.3 is 0 Å². The van der Waals surface area contributed by atoms with Gasteiger partial charge in [-0.1, -0.05) is 17.7 Å². The number of ether oxygens (including phenoxy) is 1. The Labute approximate surface area is 108 Å². The fraction of sp³-hybridized carbons (Fsp3) is 0.0833. The van der Waals surface area contributed by atoms with Gasteiger partial charge in [0.05, 0.1) is 5.56 Å². The predicted octanol–water partition coefficient (Wildman–Crippen LogP) is 3.26. The van der Waals surface area contributed by atoms with Gasteiger partial charge in [-0.05, 0) is 29.6 Å². The first-order valence-corrected chi connectivity index (χ1v) is 6.21. The summed E-state index contributed by atoms with van der Waals surface area (Å²) in [5, 5.41) is 10.0. The number of nitrogens with two attached hydrogens (primary N) is 1. The van der Waals surface area contributed by atoms with Gasteiger partial charge in [-0.25, -0.2) is 0 Å². The normalized spacial score (nSPS) is 10.2. The molecule has 0 radical (unpaired) electrons. The van der Waals surface area contributed by atoms with Crippen LogP contribution in [0.5, 0.6) is 5.75 Å². The monoisotopic (exact) mass is 266 g/mol. The van der Waals surface area contributed by atoms with E-state index in [-0.39, 0.29) is 5.84 Å². The molecule has 0 saturated carbocycles. The first-order valence-electron chi connectivity index (χ1n) is 4.96. The molecule has 0 fully saturated rings. The van der Waals surface area contributed by atoms with E-state index < -0.39 is 0 Å². The third kappa shape index (κ3) is 2.99. The Balaban J connectivity index is 2.19.